The molecule has 0 bridgehead atoms. The fraction of sp³-hybridized carbons (Fsp3) is 0.755. The van der Waals surface area contributed by atoms with Crippen LogP contribution in [-0.4, -0.2) is 76.5 Å². The number of epoxide rings is 1. The van der Waals surface area contributed by atoms with Gasteiger partial charge in [-0.2, -0.15) is 0 Å². The van der Waals surface area contributed by atoms with Gasteiger partial charge in [0.15, 0.2) is 11.9 Å². The molecule has 60 heavy (non-hydrogen) atoms. The molecule has 9 rings (SSSR count). The molecule has 6 aliphatic carbocycles. The van der Waals surface area contributed by atoms with Crippen LogP contribution in [-0.2, 0) is 17.6 Å². The van der Waals surface area contributed by atoms with E-state index in [9.17, 15) is 15.3 Å². The van der Waals surface area contributed by atoms with Crippen LogP contribution in [0.2, 0.25) is 0 Å². The van der Waals surface area contributed by atoms with Crippen molar-refractivity contribution in [3.8, 4) is 0 Å². The largest absolute Gasteiger partial charge is 0.471 e. The van der Waals surface area contributed by atoms with E-state index in [1.165, 1.54) is 34.9 Å². The van der Waals surface area contributed by atoms with E-state index in [2.05, 4.69) is 47.7 Å². The number of hydrogen-bond donors (Lipinski definition) is 7. The number of furan rings is 1. The number of allylic oxidation sites excluding steroid dienone is 1. The minimum atomic E-state index is -0.722. The molecule has 11 heteroatoms. The van der Waals surface area contributed by atoms with E-state index >= 15 is 0 Å². The number of nitrogens with one attached hydrogen (secondary N) is 2. The second-order valence-electron chi connectivity index (χ2n) is 21.4. The number of nitrogens with zero attached hydrogens (tertiary/aromatic N) is 2. The predicted octanol–water partition coefficient (Wildman–Crippen LogP) is 7.00. The lowest BCUT2D eigenvalue weighted by molar-refractivity contribution is -0.0702. The lowest BCUT2D eigenvalue weighted by Crippen LogP contribution is -2.56. The first kappa shape index (κ1) is 42.2. The van der Waals surface area contributed by atoms with Gasteiger partial charge < -0.3 is 46.6 Å². The standard InChI is InChI=1S/C49H74N6O5/c1-46(35-12-11-32(22-35)42(54-44(50)52-3)55-45(51)53-36-7-4-6-31-9-10-34-28-59-29-40(34)38(31)23-36)27-39-33(16-21-56)25-48(43-47(2,60-43)18-15-41(39)46)19-13-30(24-48)14-20-49(58)17-5-8-37(57)26-49/h9-10,16,28-30,32,35-37,39,41-43,56-58H,4-8,11-15,17-27H2,1-3H3,(H3,50,52,54)(H3,51,53,55)/b33-16-/t30-,32-,35+,36+,37-,39+,41+,42+,43+,46+,47+,48-,49-/m0/s1. The molecule has 11 nitrogen and oxygen atoms in total. The van der Waals surface area contributed by atoms with Gasteiger partial charge in [-0.1, -0.05) is 30.7 Å². The monoisotopic (exact) mass is 827 g/mol. The van der Waals surface area contributed by atoms with E-state index < -0.39 is 5.60 Å². The summed E-state index contributed by atoms with van der Waals surface area (Å²) in [7, 11) is 1.72. The van der Waals surface area contributed by atoms with Gasteiger partial charge in [0.25, 0.3) is 0 Å². The summed E-state index contributed by atoms with van der Waals surface area (Å²) in [5.74, 6) is 3.34. The molecule has 1 aromatic heterocycles. The second kappa shape index (κ2) is 16.5. The molecular weight excluding hydrogens is 753 g/mol. The van der Waals surface area contributed by atoms with Gasteiger partial charge in [-0.25, -0.2) is 4.99 Å². The summed E-state index contributed by atoms with van der Waals surface area (Å²) in [6.45, 7) is 5.02. The van der Waals surface area contributed by atoms with Crippen LogP contribution < -0.4 is 22.1 Å². The quantitative estimate of drug-likeness (QED) is 0.0349. The van der Waals surface area contributed by atoms with Crippen molar-refractivity contribution in [1.29, 1.82) is 0 Å². The molecular formula is C49H74N6O5. The molecule has 13 atom stereocenters. The normalized spacial score (nSPS) is 42.0. The highest BCUT2D eigenvalue weighted by atomic mass is 16.6. The van der Waals surface area contributed by atoms with Gasteiger partial charge >= 0.3 is 0 Å². The van der Waals surface area contributed by atoms with Gasteiger partial charge in [-0.05, 0) is 175 Å². The summed E-state index contributed by atoms with van der Waals surface area (Å²) in [5.41, 5.74) is 16.8. The van der Waals surface area contributed by atoms with Crippen molar-refractivity contribution in [1.82, 2.24) is 10.6 Å². The van der Waals surface area contributed by atoms with Crippen LogP contribution >= 0.6 is 0 Å². The number of aliphatic imine (C=N–C) groups is 2. The number of ether oxygens (including phenoxy) is 1. The Morgan fingerprint density at radius 2 is 1.83 bits per heavy atom. The first-order valence-electron chi connectivity index (χ1n) is 23.8. The second-order valence-corrected chi connectivity index (χ2v) is 21.4. The predicted molar refractivity (Wildman–Crippen MR) is 237 cm³/mol. The van der Waals surface area contributed by atoms with Crippen molar-refractivity contribution < 1.29 is 24.5 Å². The number of nitrogens with two attached hydrogens (primary N) is 2. The molecule has 0 unspecified atom stereocenters. The Kier molecular flexibility index (Phi) is 11.6. The molecule has 1 spiro atoms. The number of aryl methyl sites for hydroxylation is 1. The first-order valence-corrected chi connectivity index (χ1v) is 23.8. The van der Waals surface area contributed by atoms with E-state index in [-0.39, 0.29) is 47.5 Å². The Balaban J connectivity index is 0.875. The average molecular weight is 827 g/mol. The molecule has 2 aromatic rings. The van der Waals surface area contributed by atoms with Crippen LogP contribution in [0.3, 0.4) is 0 Å². The number of rotatable bonds is 9. The third kappa shape index (κ3) is 8.14. The van der Waals surface area contributed by atoms with Gasteiger partial charge in [0.05, 0.1) is 48.6 Å². The molecule has 1 aliphatic heterocycles. The fourth-order valence-corrected chi connectivity index (χ4v) is 14.4. The molecule has 1 saturated heterocycles. The van der Waals surface area contributed by atoms with Gasteiger partial charge in [0.1, 0.15) is 6.17 Å². The van der Waals surface area contributed by atoms with Gasteiger partial charge in [0, 0.05) is 29.7 Å². The highest BCUT2D eigenvalue weighted by Crippen LogP contribution is 2.69. The maximum atomic E-state index is 11.3. The molecule has 7 aliphatic rings. The topological polar surface area (TPSA) is 187 Å². The average Bonchev–Trinajstić information content (AvgIpc) is 3.60. The van der Waals surface area contributed by atoms with E-state index in [4.69, 9.17) is 25.6 Å². The summed E-state index contributed by atoms with van der Waals surface area (Å²) in [5, 5.41) is 41.5. The van der Waals surface area contributed by atoms with Crippen molar-refractivity contribution in [2.24, 2.45) is 61.9 Å². The number of aliphatic hydroxyl groups is 3. The Morgan fingerprint density at radius 3 is 2.65 bits per heavy atom. The Morgan fingerprint density at radius 1 is 0.983 bits per heavy atom. The van der Waals surface area contributed by atoms with E-state index in [1.807, 2.05) is 12.5 Å². The number of guanidine groups is 2. The highest BCUT2D eigenvalue weighted by Gasteiger charge is 2.67. The van der Waals surface area contributed by atoms with Crippen LogP contribution in [0.5, 0.6) is 0 Å². The van der Waals surface area contributed by atoms with Crippen LogP contribution in [0, 0.1) is 40.4 Å². The minimum Gasteiger partial charge on any atom is -0.471 e. The number of fused-ring (bicyclic) bond motifs is 6. The SMILES string of the molecule is CN=C(N)N[C@H](NC(N)=N[C@@H]1CCCc2ccc3cocc3c2C1)[C@H]1CC[C@@H]([C@@]2(C)C[C@@H]3/C(=C\CO)C[C@@]4(CC[C@@H](CC[C@@]5(O)CCC[C@H](O)C5)C4)[C@@H]4O[C@]4(C)CC[C@H]32)C1. The van der Waals surface area contributed by atoms with Crippen molar-refractivity contribution in [2.75, 3.05) is 13.7 Å². The van der Waals surface area contributed by atoms with Gasteiger partial charge in [-0.15, -0.1) is 0 Å². The maximum absolute atomic E-state index is 11.3. The van der Waals surface area contributed by atoms with Crippen molar-refractivity contribution >= 4 is 22.7 Å². The fourth-order valence-electron chi connectivity index (χ4n) is 14.4. The van der Waals surface area contributed by atoms with Crippen LogP contribution in [0.1, 0.15) is 141 Å². The highest BCUT2D eigenvalue weighted by molar-refractivity contribution is 5.86. The van der Waals surface area contributed by atoms with E-state index in [0.717, 1.165) is 115 Å². The molecule has 2 heterocycles. The summed E-state index contributed by atoms with van der Waals surface area (Å²) >= 11 is 0. The Labute approximate surface area is 357 Å². The lowest BCUT2D eigenvalue weighted by atomic mass is 9.46. The van der Waals surface area contributed by atoms with Gasteiger partial charge in [-0.3, -0.25) is 4.99 Å². The van der Waals surface area contributed by atoms with E-state index in [1.54, 1.807) is 7.05 Å². The third-order valence-corrected chi connectivity index (χ3v) is 17.7. The molecule has 0 radical (unpaired) electrons. The number of benzene rings is 1. The van der Waals surface area contributed by atoms with E-state index in [0.29, 0.717) is 47.9 Å². The van der Waals surface area contributed by atoms with Crippen molar-refractivity contribution in [3.63, 3.8) is 0 Å². The summed E-state index contributed by atoms with van der Waals surface area (Å²) in [6, 6.07) is 4.49. The smallest absolute Gasteiger partial charge is 0.190 e. The number of hydrogen-bond acceptors (Lipinski definition) is 7. The zero-order valence-corrected chi connectivity index (χ0v) is 36.6. The third-order valence-electron chi connectivity index (χ3n) is 17.7. The maximum Gasteiger partial charge on any atom is 0.190 e. The Hall–Kier alpha value is -3.12. The van der Waals surface area contributed by atoms with Crippen LogP contribution in [0.25, 0.3) is 10.8 Å². The first-order chi connectivity index (χ1) is 28.8. The lowest BCUT2D eigenvalue weighted by Gasteiger charge is -2.59. The summed E-state index contributed by atoms with van der Waals surface area (Å²) in [6.07, 6.45) is 25.5. The number of aliphatic hydroxyl groups excluding tert-OH is 2. The molecule has 330 valence electrons. The van der Waals surface area contributed by atoms with Crippen molar-refractivity contribution in [3.05, 3.63) is 47.4 Å². The Bertz CT molecular complexity index is 1960. The summed E-state index contributed by atoms with van der Waals surface area (Å²) < 4.78 is 12.4. The molecule has 0 amide bonds. The molecule has 5 saturated carbocycles. The van der Waals surface area contributed by atoms with Gasteiger partial charge in [0.2, 0.25) is 0 Å². The summed E-state index contributed by atoms with van der Waals surface area (Å²) in [4.78, 5) is 9.37. The zero-order valence-electron chi connectivity index (χ0n) is 36.6. The zero-order chi connectivity index (χ0) is 41.9. The van der Waals surface area contributed by atoms with Crippen LogP contribution in [0.4, 0.5) is 0 Å². The molecule has 9 N–H and O–H groups in total. The molecule has 1 aromatic carbocycles. The molecule has 6 fully saturated rings. The van der Waals surface area contributed by atoms with Crippen molar-refractivity contribution in [2.45, 2.75) is 178 Å². The van der Waals surface area contributed by atoms with Crippen LogP contribution in [0.15, 0.2) is 50.7 Å². The minimum absolute atomic E-state index is 0.0826.